The Bertz CT molecular complexity index is 646. The van der Waals surface area contributed by atoms with Crippen LogP contribution in [0.5, 0.6) is 0 Å². The standard InChI is InChI=1S/C14H17Cl2NO3S/c1-2-12-5-3-4-6-17(12)14(18)10-7-11(15)9-13(8-10)21(16,19)20/h7-9,12H,2-6H2,1H3. The van der Waals surface area contributed by atoms with Crippen molar-refractivity contribution in [1.29, 1.82) is 0 Å². The van der Waals surface area contributed by atoms with Crippen LogP contribution in [0.15, 0.2) is 23.1 Å². The van der Waals surface area contributed by atoms with Crippen LogP contribution >= 0.6 is 22.3 Å². The second-order valence-corrected chi connectivity index (χ2v) is 8.17. The van der Waals surface area contributed by atoms with Gasteiger partial charge < -0.3 is 4.90 Å². The summed E-state index contributed by atoms with van der Waals surface area (Å²) in [7, 11) is 1.42. The quantitative estimate of drug-likeness (QED) is 0.782. The van der Waals surface area contributed by atoms with E-state index in [0.29, 0.717) is 6.54 Å². The van der Waals surface area contributed by atoms with E-state index in [-0.39, 0.29) is 27.4 Å². The van der Waals surface area contributed by atoms with Gasteiger partial charge in [-0.05, 0) is 43.9 Å². The van der Waals surface area contributed by atoms with Gasteiger partial charge in [0.05, 0.1) is 4.90 Å². The number of nitrogens with zero attached hydrogens (tertiary/aromatic N) is 1. The van der Waals surface area contributed by atoms with Crippen LogP contribution in [0.3, 0.4) is 0 Å². The summed E-state index contributed by atoms with van der Waals surface area (Å²) in [6.07, 6.45) is 3.93. The molecule has 1 heterocycles. The van der Waals surface area contributed by atoms with E-state index in [1.807, 2.05) is 6.92 Å². The van der Waals surface area contributed by atoms with E-state index in [4.69, 9.17) is 22.3 Å². The third kappa shape index (κ3) is 3.90. The fourth-order valence-corrected chi connectivity index (χ4v) is 3.79. The number of piperidine rings is 1. The van der Waals surface area contributed by atoms with E-state index in [9.17, 15) is 13.2 Å². The Kier molecular flexibility index (Phi) is 5.17. The van der Waals surface area contributed by atoms with E-state index in [2.05, 4.69) is 0 Å². The molecule has 1 aliphatic heterocycles. The van der Waals surface area contributed by atoms with Crippen molar-refractivity contribution in [3.63, 3.8) is 0 Å². The van der Waals surface area contributed by atoms with Crippen LogP contribution in [-0.2, 0) is 9.05 Å². The predicted octanol–water partition coefficient (Wildman–Crippen LogP) is 3.67. The van der Waals surface area contributed by atoms with E-state index in [1.165, 1.54) is 18.2 Å². The number of hydrogen-bond donors (Lipinski definition) is 0. The van der Waals surface area contributed by atoms with Crippen LogP contribution in [0.2, 0.25) is 5.02 Å². The van der Waals surface area contributed by atoms with Gasteiger partial charge >= 0.3 is 0 Å². The SMILES string of the molecule is CCC1CCCCN1C(=O)c1cc(Cl)cc(S(=O)(=O)Cl)c1. The van der Waals surface area contributed by atoms with E-state index in [0.717, 1.165) is 25.7 Å². The molecule has 0 aliphatic carbocycles. The van der Waals surface area contributed by atoms with Crippen molar-refractivity contribution < 1.29 is 13.2 Å². The molecule has 1 atom stereocenters. The second kappa shape index (κ2) is 6.55. The summed E-state index contributed by atoms with van der Waals surface area (Å²) in [5, 5.41) is 0.185. The van der Waals surface area contributed by atoms with Crippen molar-refractivity contribution >= 4 is 37.2 Å². The molecule has 1 amide bonds. The van der Waals surface area contributed by atoms with Gasteiger partial charge in [-0.25, -0.2) is 8.42 Å². The van der Waals surface area contributed by atoms with Crippen molar-refractivity contribution in [3.8, 4) is 0 Å². The van der Waals surface area contributed by atoms with Gasteiger partial charge in [0.1, 0.15) is 0 Å². The minimum atomic E-state index is -3.91. The van der Waals surface area contributed by atoms with Crippen molar-refractivity contribution in [3.05, 3.63) is 28.8 Å². The average Bonchev–Trinajstić information content (AvgIpc) is 2.45. The summed E-state index contributed by atoms with van der Waals surface area (Å²) >= 11 is 5.92. The Morgan fingerprint density at radius 3 is 2.67 bits per heavy atom. The number of halogens is 2. The Hall–Kier alpha value is -0.780. The Morgan fingerprint density at radius 2 is 2.05 bits per heavy atom. The minimum absolute atomic E-state index is 0.148. The first kappa shape index (κ1) is 16.6. The number of hydrogen-bond acceptors (Lipinski definition) is 3. The van der Waals surface area contributed by atoms with Crippen molar-refractivity contribution in [2.24, 2.45) is 0 Å². The normalized spacial score (nSPS) is 19.6. The molecule has 2 rings (SSSR count). The van der Waals surface area contributed by atoms with Crippen LogP contribution in [0.25, 0.3) is 0 Å². The van der Waals surface area contributed by atoms with Crippen LogP contribution < -0.4 is 0 Å². The molecule has 0 N–H and O–H groups in total. The molecule has 1 fully saturated rings. The summed E-state index contributed by atoms with van der Waals surface area (Å²) < 4.78 is 22.9. The fraction of sp³-hybridized carbons (Fsp3) is 0.500. The smallest absolute Gasteiger partial charge is 0.261 e. The maximum atomic E-state index is 12.6. The first-order valence-electron chi connectivity index (χ1n) is 6.89. The van der Waals surface area contributed by atoms with Gasteiger partial charge in [0.25, 0.3) is 15.0 Å². The second-order valence-electron chi connectivity index (χ2n) is 5.17. The van der Waals surface area contributed by atoms with E-state index in [1.54, 1.807) is 4.90 Å². The summed E-state index contributed by atoms with van der Waals surface area (Å²) in [5.41, 5.74) is 0.266. The number of carbonyl (C=O) groups is 1. The highest BCUT2D eigenvalue weighted by molar-refractivity contribution is 8.13. The number of rotatable bonds is 3. The molecule has 116 valence electrons. The molecule has 1 aromatic carbocycles. The third-order valence-electron chi connectivity index (χ3n) is 3.76. The molecule has 1 aromatic rings. The summed E-state index contributed by atoms with van der Waals surface area (Å²) in [5.74, 6) is -0.189. The maximum absolute atomic E-state index is 12.6. The molecular weight excluding hydrogens is 333 g/mol. The topological polar surface area (TPSA) is 54.5 Å². The molecule has 21 heavy (non-hydrogen) atoms. The minimum Gasteiger partial charge on any atom is -0.336 e. The summed E-state index contributed by atoms with van der Waals surface area (Å²) in [6.45, 7) is 2.73. The summed E-state index contributed by atoms with van der Waals surface area (Å²) in [4.78, 5) is 14.3. The third-order valence-corrected chi connectivity index (χ3v) is 5.31. The highest BCUT2D eigenvalue weighted by Gasteiger charge is 2.27. The summed E-state index contributed by atoms with van der Waals surface area (Å²) in [6, 6.07) is 4.21. The van der Waals surface area contributed by atoms with Crippen LogP contribution in [0.4, 0.5) is 0 Å². The van der Waals surface area contributed by atoms with Crippen molar-refractivity contribution in [2.75, 3.05) is 6.54 Å². The number of amides is 1. The predicted molar refractivity (Wildman–Crippen MR) is 83.5 cm³/mol. The molecule has 1 unspecified atom stereocenters. The number of likely N-dealkylation sites (tertiary alicyclic amines) is 1. The molecule has 1 saturated heterocycles. The van der Waals surface area contributed by atoms with E-state index >= 15 is 0 Å². The first-order valence-corrected chi connectivity index (χ1v) is 9.58. The van der Waals surface area contributed by atoms with Gasteiger partial charge in [-0.1, -0.05) is 18.5 Å². The van der Waals surface area contributed by atoms with Gasteiger partial charge in [-0.2, -0.15) is 0 Å². The van der Waals surface area contributed by atoms with Gasteiger partial charge in [-0.3, -0.25) is 4.79 Å². The first-order chi connectivity index (χ1) is 9.82. The average molecular weight is 350 g/mol. The molecule has 0 radical (unpaired) electrons. The molecule has 0 aromatic heterocycles. The lowest BCUT2D eigenvalue weighted by Gasteiger charge is -2.35. The number of benzene rings is 1. The lowest BCUT2D eigenvalue weighted by molar-refractivity contribution is 0.0608. The number of carbonyl (C=O) groups excluding carboxylic acids is 1. The van der Waals surface area contributed by atoms with Gasteiger partial charge in [0, 0.05) is 33.9 Å². The fourth-order valence-electron chi connectivity index (χ4n) is 2.69. The lowest BCUT2D eigenvalue weighted by Crippen LogP contribution is -2.43. The highest BCUT2D eigenvalue weighted by atomic mass is 35.7. The zero-order valence-electron chi connectivity index (χ0n) is 11.7. The highest BCUT2D eigenvalue weighted by Crippen LogP contribution is 2.26. The van der Waals surface area contributed by atoms with Crippen molar-refractivity contribution in [1.82, 2.24) is 4.90 Å². The molecular formula is C14H17Cl2NO3S. The van der Waals surface area contributed by atoms with Gasteiger partial charge in [0.15, 0.2) is 0 Å². The molecule has 4 nitrogen and oxygen atoms in total. The lowest BCUT2D eigenvalue weighted by atomic mass is 9.99. The Balaban J connectivity index is 2.37. The zero-order chi connectivity index (χ0) is 15.6. The van der Waals surface area contributed by atoms with Crippen molar-refractivity contribution in [2.45, 2.75) is 43.5 Å². The molecule has 1 aliphatic rings. The van der Waals surface area contributed by atoms with Crippen LogP contribution in [0, 0.1) is 0 Å². The molecule has 0 spiro atoms. The van der Waals surface area contributed by atoms with Crippen LogP contribution in [0.1, 0.15) is 43.0 Å². The molecule has 7 heteroatoms. The molecule has 0 bridgehead atoms. The Labute approximate surface area is 134 Å². The van der Waals surface area contributed by atoms with Crippen LogP contribution in [-0.4, -0.2) is 31.8 Å². The monoisotopic (exact) mass is 349 g/mol. The zero-order valence-corrected chi connectivity index (χ0v) is 14.0. The Morgan fingerprint density at radius 1 is 1.33 bits per heavy atom. The van der Waals surface area contributed by atoms with Gasteiger partial charge in [0.2, 0.25) is 0 Å². The van der Waals surface area contributed by atoms with E-state index < -0.39 is 9.05 Å². The van der Waals surface area contributed by atoms with Gasteiger partial charge in [-0.15, -0.1) is 0 Å². The largest absolute Gasteiger partial charge is 0.336 e. The maximum Gasteiger partial charge on any atom is 0.261 e. The molecule has 0 saturated carbocycles.